The van der Waals surface area contributed by atoms with Crippen molar-refractivity contribution in [2.24, 2.45) is 5.92 Å². The molecule has 0 amide bonds. The van der Waals surface area contributed by atoms with Gasteiger partial charge in [-0.15, -0.1) is 0 Å². The van der Waals surface area contributed by atoms with Crippen LogP contribution in [0.4, 0.5) is 0 Å². The van der Waals surface area contributed by atoms with Crippen LogP contribution in [0.3, 0.4) is 0 Å². The number of nitrogens with zero attached hydrogens (tertiary/aromatic N) is 2. The van der Waals surface area contributed by atoms with E-state index in [1.54, 1.807) is 10.9 Å². The van der Waals surface area contributed by atoms with Gasteiger partial charge in [0.15, 0.2) is 0 Å². The Bertz CT molecular complexity index is 520. The average Bonchev–Trinajstić information content (AvgIpc) is 3.04. The molecule has 114 valence electrons. The second-order valence-electron chi connectivity index (χ2n) is 5.75. The molecule has 6 nitrogen and oxygen atoms in total. The molecule has 0 atom stereocenters. The first kappa shape index (κ1) is 15.5. The van der Waals surface area contributed by atoms with Gasteiger partial charge in [0.2, 0.25) is 10.0 Å². The topological polar surface area (TPSA) is 76.0 Å². The Balaban J connectivity index is 1.82. The fourth-order valence-corrected chi connectivity index (χ4v) is 2.84. The molecule has 0 aromatic carbocycles. The predicted octanol–water partition coefficient (Wildman–Crippen LogP) is 0.960. The monoisotopic (exact) mass is 300 g/mol. The van der Waals surface area contributed by atoms with Gasteiger partial charge >= 0.3 is 0 Å². The molecule has 0 unspecified atom stereocenters. The van der Waals surface area contributed by atoms with Gasteiger partial charge in [0.25, 0.3) is 0 Å². The summed E-state index contributed by atoms with van der Waals surface area (Å²) in [7, 11) is -3.42. The highest BCUT2D eigenvalue weighted by Crippen LogP contribution is 2.18. The molecule has 20 heavy (non-hydrogen) atoms. The van der Waals surface area contributed by atoms with Crippen LogP contribution in [-0.4, -0.2) is 37.3 Å². The number of sulfonamides is 1. The molecule has 1 aromatic rings. The van der Waals surface area contributed by atoms with Crippen LogP contribution < -0.4 is 10.0 Å². The summed E-state index contributed by atoms with van der Waals surface area (Å²) in [4.78, 5) is 0.243. The molecule has 0 radical (unpaired) electrons. The van der Waals surface area contributed by atoms with Crippen LogP contribution in [0.5, 0.6) is 0 Å². The second-order valence-corrected chi connectivity index (χ2v) is 7.51. The zero-order valence-corrected chi connectivity index (χ0v) is 13.0. The van der Waals surface area contributed by atoms with Gasteiger partial charge in [-0.3, -0.25) is 4.68 Å². The zero-order valence-electron chi connectivity index (χ0n) is 12.2. The van der Waals surface area contributed by atoms with Gasteiger partial charge in [-0.1, -0.05) is 13.8 Å². The molecule has 1 heterocycles. The van der Waals surface area contributed by atoms with Gasteiger partial charge in [0.1, 0.15) is 4.90 Å². The average molecular weight is 300 g/mol. The van der Waals surface area contributed by atoms with Crippen molar-refractivity contribution in [3.8, 4) is 0 Å². The lowest BCUT2D eigenvalue weighted by Crippen LogP contribution is -2.25. The number of hydrogen-bond acceptors (Lipinski definition) is 4. The van der Waals surface area contributed by atoms with Crippen molar-refractivity contribution in [3.63, 3.8) is 0 Å². The quantitative estimate of drug-likeness (QED) is 0.712. The first-order chi connectivity index (χ1) is 9.47. The normalized spacial score (nSPS) is 15.9. The maximum Gasteiger partial charge on any atom is 0.243 e. The third-order valence-electron chi connectivity index (χ3n) is 3.28. The third-order valence-corrected chi connectivity index (χ3v) is 4.70. The smallest absolute Gasteiger partial charge is 0.243 e. The van der Waals surface area contributed by atoms with E-state index < -0.39 is 10.0 Å². The molecule has 1 aromatic heterocycles. The Hall–Kier alpha value is -0.920. The van der Waals surface area contributed by atoms with E-state index >= 15 is 0 Å². The maximum atomic E-state index is 12.0. The first-order valence-corrected chi connectivity index (χ1v) is 8.71. The highest BCUT2D eigenvalue weighted by atomic mass is 32.2. The Morgan fingerprint density at radius 2 is 2.15 bits per heavy atom. The highest BCUT2D eigenvalue weighted by Gasteiger charge is 2.20. The molecule has 1 fully saturated rings. The van der Waals surface area contributed by atoms with Crippen molar-refractivity contribution in [1.82, 2.24) is 19.8 Å². The molecule has 0 spiro atoms. The van der Waals surface area contributed by atoms with E-state index in [1.807, 2.05) is 0 Å². The van der Waals surface area contributed by atoms with Gasteiger partial charge in [-0.2, -0.15) is 5.10 Å². The molecule has 0 saturated heterocycles. The summed E-state index contributed by atoms with van der Waals surface area (Å²) in [5.74, 6) is 0.480. The van der Waals surface area contributed by atoms with E-state index in [0.29, 0.717) is 25.0 Å². The van der Waals surface area contributed by atoms with Gasteiger partial charge < -0.3 is 5.32 Å². The summed E-state index contributed by atoms with van der Waals surface area (Å²) in [6, 6.07) is 0.659. The molecule has 0 bridgehead atoms. The standard InChI is InChI=1S/C13H24N4O2S/c1-11(2)5-6-16-20(18,19)13-9-15-17(10-13)8-7-14-12-3-4-12/h9-12,14,16H,3-8H2,1-2H3. The van der Waals surface area contributed by atoms with Crippen LogP contribution in [0.25, 0.3) is 0 Å². The minimum absolute atomic E-state index is 0.243. The molecule has 2 N–H and O–H groups in total. The Morgan fingerprint density at radius 3 is 2.80 bits per heavy atom. The van der Waals surface area contributed by atoms with E-state index in [4.69, 9.17) is 0 Å². The van der Waals surface area contributed by atoms with Gasteiger partial charge in [0, 0.05) is 25.3 Å². The lowest BCUT2D eigenvalue weighted by atomic mass is 10.1. The number of rotatable bonds is 9. The Morgan fingerprint density at radius 1 is 1.40 bits per heavy atom. The van der Waals surface area contributed by atoms with Crippen molar-refractivity contribution < 1.29 is 8.42 Å². The summed E-state index contributed by atoms with van der Waals surface area (Å²) in [5.41, 5.74) is 0. The zero-order chi connectivity index (χ0) is 14.6. The van der Waals surface area contributed by atoms with Crippen LogP contribution >= 0.6 is 0 Å². The Labute approximate surface area is 121 Å². The second kappa shape index (κ2) is 6.69. The molecule has 1 aliphatic carbocycles. The summed E-state index contributed by atoms with van der Waals surface area (Å²) < 4.78 is 28.4. The lowest BCUT2D eigenvalue weighted by Gasteiger charge is -2.06. The summed E-state index contributed by atoms with van der Waals surface area (Å²) >= 11 is 0. The third kappa shape index (κ3) is 4.88. The van der Waals surface area contributed by atoms with E-state index in [2.05, 4.69) is 29.0 Å². The maximum absolute atomic E-state index is 12.0. The highest BCUT2D eigenvalue weighted by molar-refractivity contribution is 7.89. The molecule has 1 saturated carbocycles. The van der Waals surface area contributed by atoms with E-state index in [1.165, 1.54) is 19.0 Å². The number of aromatic nitrogens is 2. The van der Waals surface area contributed by atoms with Crippen LogP contribution in [-0.2, 0) is 16.6 Å². The van der Waals surface area contributed by atoms with Crippen molar-refractivity contribution in [2.45, 2.75) is 50.6 Å². The fraction of sp³-hybridized carbons (Fsp3) is 0.769. The van der Waals surface area contributed by atoms with Crippen LogP contribution in [0.1, 0.15) is 33.1 Å². The van der Waals surface area contributed by atoms with Crippen molar-refractivity contribution in [1.29, 1.82) is 0 Å². The van der Waals surface area contributed by atoms with Crippen molar-refractivity contribution >= 4 is 10.0 Å². The minimum atomic E-state index is -3.42. The van der Waals surface area contributed by atoms with Crippen molar-refractivity contribution in [2.75, 3.05) is 13.1 Å². The summed E-state index contributed by atoms with van der Waals surface area (Å²) in [6.07, 6.45) is 6.33. The van der Waals surface area contributed by atoms with Gasteiger partial charge in [-0.05, 0) is 25.2 Å². The molecule has 0 aliphatic heterocycles. The Kier molecular flexibility index (Phi) is 5.17. The predicted molar refractivity (Wildman–Crippen MR) is 77.9 cm³/mol. The van der Waals surface area contributed by atoms with E-state index in [-0.39, 0.29) is 4.90 Å². The first-order valence-electron chi connectivity index (χ1n) is 7.23. The van der Waals surface area contributed by atoms with E-state index in [0.717, 1.165) is 13.0 Å². The lowest BCUT2D eigenvalue weighted by molar-refractivity contribution is 0.547. The molecular weight excluding hydrogens is 276 g/mol. The van der Waals surface area contributed by atoms with Gasteiger partial charge in [-0.25, -0.2) is 13.1 Å². The fourth-order valence-electron chi connectivity index (χ4n) is 1.84. The van der Waals surface area contributed by atoms with Crippen LogP contribution in [0, 0.1) is 5.92 Å². The SMILES string of the molecule is CC(C)CCNS(=O)(=O)c1cnn(CCNC2CC2)c1. The largest absolute Gasteiger partial charge is 0.312 e. The molecule has 2 rings (SSSR count). The number of hydrogen-bond donors (Lipinski definition) is 2. The van der Waals surface area contributed by atoms with Crippen molar-refractivity contribution in [3.05, 3.63) is 12.4 Å². The van der Waals surface area contributed by atoms with E-state index in [9.17, 15) is 8.42 Å². The summed E-state index contributed by atoms with van der Waals surface area (Å²) in [5, 5.41) is 7.47. The van der Waals surface area contributed by atoms with Crippen LogP contribution in [0.15, 0.2) is 17.3 Å². The molecule has 1 aliphatic rings. The summed E-state index contributed by atoms with van der Waals surface area (Å²) in [6.45, 7) is 6.12. The molecular formula is C13H24N4O2S. The number of nitrogens with one attached hydrogen (secondary N) is 2. The van der Waals surface area contributed by atoms with Crippen LogP contribution in [0.2, 0.25) is 0 Å². The minimum Gasteiger partial charge on any atom is -0.312 e. The molecule has 7 heteroatoms. The van der Waals surface area contributed by atoms with Gasteiger partial charge in [0.05, 0.1) is 12.7 Å².